The van der Waals surface area contributed by atoms with Crippen molar-refractivity contribution in [2.75, 3.05) is 4.90 Å². The summed E-state index contributed by atoms with van der Waals surface area (Å²) in [5, 5.41) is 0.853. The van der Waals surface area contributed by atoms with Crippen LogP contribution in [0.2, 0.25) is 10.0 Å². The highest BCUT2D eigenvalue weighted by Gasteiger charge is 2.53. The van der Waals surface area contributed by atoms with E-state index in [0.717, 1.165) is 25.7 Å². The number of carbonyl (C=O) groups excluding carboxylic acids is 2. The summed E-state index contributed by atoms with van der Waals surface area (Å²) < 4.78 is 0. The summed E-state index contributed by atoms with van der Waals surface area (Å²) in [4.78, 5) is 26.0. The summed E-state index contributed by atoms with van der Waals surface area (Å²) >= 11 is 11.9. The van der Waals surface area contributed by atoms with E-state index < -0.39 is 5.41 Å². The minimum Gasteiger partial charge on any atom is -0.274 e. The van der Waals surface area contributed by atoms with Gasteiger partial charge in [-0.2, -0.15) is 0 Å². The van der Waals surface area contributed by atoms with E-state index in [1.54, 1.807) is 18.2 Å². The molecule has 5 heteroatoms. The summed E-state index contributed by atoms with van der Waals surface area (Å²) in [5.74, 6) is -0.237. The van der Waals surface area contributed by atoms with Crippen molar-refractivity contribution in [3.05, 3.63) is 28.2 Å². The lowest BCUT2D eigenvalue weighted by molar-refractivity contribution is -0.125. The number of carbonyl (C=O) groups is 2. The van der Waals surface area contributed by atoms with Gasteiger partial charge in [0.15, 0.2) is 0 Å². The molecule has 19 heavy (non-hydrogen) atoms. The molecule has 1 aliphatic heterocycles. The first-order valence-corrected chi connectivity index (χ1v) is 7.11. The zero-order chi connectivity index (χ0) is 13.6. The van der Waals surface area contributed by atoms with Crippen molar-refractivity contribution in [2.45, 2.75) is 32.1 Å². The molecular weight excluding hydrogens is 285 g/mol. The van der Waals surface area contributed by atoms with Gasteiger partial charge in [0.05, 0.1) is 11.1 Å². The van der Waals surface area contributed by atoms with E-state index in [1.807, 2.05) is 0 Å². The van der Waals surface area contributed by atoms with Crippen molar-refractivity contribution in [3.8, 4) is 0 Å². The molecule has 0 aromatic heterocycles. The SMILES string of the molecule is O=C1CC2(CCCC2)C(=O)N1c1cc(Cl)cc(Cl)c1. The van der Waals surface area contributed by atoms with Crippen molar-refractivity contribution in [3.63, 3.8) is 0 Å². The number of hydrogen-bond donors (Lipinski definition) is 0. The monoisotopic (exact) mass is 297 g/mol. The van der Waals surface area contributed by atoms with Gasteiger partial charge in [-0.1, -0.05) is 36.0 Å². The molecule has 2 aliphatic rings. The largest absolute Gasteiger partial charge is 0.274 e. The Hall–Kier alpha value is -1.06. The number of amides is 2. The highest BCUT2D eigenvalue weighted by atomic mass is 35.5. The van der Waals surface area contributed by atoms with Crippen molar-refractivity contribution in [2.24, 2.45) is 5.41 Å². The van der Waals surface area contributed by atoms with Crippen LogP contribution in [0.25, 0.3) is 0 Å². The molecule has 1 saturated carbocycles. The Balaban J connectivity index is 2.01. The Bertz CT molecular complexity index is 544. The Morgan fingerprint density at radius 3 is 2.16 bits per heavy atom. The second-order valence-corrected chi connectivity index (χ2v) is 6.20. The third kappa shape index (κ3) is 2.05. The lowest BCUT2D eigenvalue weighted by atomic mass is 9.84. The number of hydrogen-bond acceptors (Lipinski definition) is 2. The number of benzene rings is 1. The van der Waals surface area contributed by atoms with Gasteiger partial charge in [0, 0.05) is 16.5 Å². The minimum atomic E-state index is -0.466. The van der Waals surface area contributed by atoms with Crippen LogP contribution in [0.15, 0.2) is 18.2 Å². The van der Waals surface area contributed by atoms with Crippen LogP contribution in [0.1, 0.15) is 32.1 Å². The summed E-state index contributed by atoms with van der Waals surface area (Å²) in [6, 6.07) is 4.80. The van der Waals surface area contributed by atoms with E-state index in [0.29, 0.717) is 22.2 Å². The molecule has 1 heterocycles. The van der Waals surface area contributed by atoms with Crippen LogP contribution in [0.5, 0.6) is 0 Å². The molecule has 2 amide bonds. The zero-order valence-corrected chi connectivity index (χ0v) is 11.8. The van der Waals surface area contributed by atoms with Gasteiger partial charge in [0.1, 0.15) is 0 Å². The van der Waals surface area contributed by atoms with E-state index in [4.69, 9.17) is 23.2 Å². The van der Waals surface area contributed by atoms with Crippen LogP contribution in [0.4, 0.5) is 5.69 Å². The maximum Gasteiger partial charge on any atom is 0.240 e. The standard InChI is InChI=1S/C14H13Cl2NO2/c15-9-5-10(16)7-11(6-9)17-12(18)8-14(13(17)19)3-1-2-4-14/h5-7H,1-4,8H2. The van der Waals surface area contributed by atoms with Crippen molar-refractivity contribution >= 4 is 40.7 Å². The first-order chi connectivity index (χ1) is 9.02. The number of halogens is 2. The molecule has 0 unspecified atom stereocenters. The van der Waals surface area contributed by atoms with Gasteiger partial charge in [0.2, 0.25) is 11.8 Å². The minimum absolute atomic E-state index is 0.0895. The molecule has 1 aromatic carbocycles. The van der Waals surface area contributed by atoms with Gasteiger partial charge in [-0.3, -0.25) is 9.59 Å². The number of anilines is 1. The maximum absolute atomic E-state index is 12.6. The fourth-order valence-corrected chi connectivity index (χ4v) is 3.68. The normalized spacial score (nSPS) is 21.7. The van der Waals surface area contributed by atoms with Crippen molar-refractivity contribution < 1.29 is 9.59 Å². The van der Waals surface area contributed by atoms with Gasteiger partial charge < -0.3 is 0 Å². The lowest BCUT2D eigenvalue weighted by Gasteiger charge is -2.21. The molecule has 2 fully saturated rings. The second kappa shape index (κ2) is 4.50. The average molecular weight is 298 g/mol. The number of rotatable bonds is 1. The Labute approximate surface area is 121 Å². The van der Waals surface area contributed by atoms with E-state index >= 15 is 0 Å². The average Bonchev–Trinajstić information content (AvgIpc) is 2.85. The third-order valence-electron chi connectivity index (χ3n) is 4.06. The molecule has 1 saturated heterocycles. The molecule has 100 valence electrons. The number of imide groups is 1. The summed E-state index contributed by atoms with van der Waals surface area (Å²) in [6.45, 7) is 0. The fourth-order valence-electron chi connectivity index (χ4n) is 3.17. The molecule has 1 aliphatic carbocycles. The van der Waals surface area contributed by atoms with Crippen LogP contribution in [0.3, 0.4) is 0 Å². The number of nitrogens with zero attached hydrogens (tertiary/aromatic N) is 1. The maximum atomic E-state index is 12.6. The Morgan fingerprint density at radius 1 is 1.00 bits per heavy atom. The molecule has 0 atom stereocenters. The molecule has 1 spiro atoms. The zero-order valence-electron chi connectivity index (χ0n) is 10.3. The second-order valence-electron chi connectivity index (χ2n) is 5.33. The van der Waals surface area contributed by atoms with Gasteiger partial charge in [-0.25, -0.2) is 4.90 Å². The van der Waals surface area contributed by atoms with Gasteiger partial charge in [0.25, 0.3) is 0 Å². The predicted octanol–water partition coefficient (Wildman–Crippen LogP) is 3.82. The van der Waals surface area contributed by atoms with E-state index in [9.17, 15) is 9.59 Å². The predicted molar refractivity (Wildman–Crippen MR) is 74.5 cm³/mol. The highest BCUT2D eigenvalue weighted by molar-refractivity contribution is 6.35. The smallest absolute Gasteiger partial charge is 0.240 e. The molecule has 1 aromatic rings. The van der Waals surface area contributed by atoms with Gasteiger partial charge >= 0.3 is 0 Å². The molecule has 0 radical (unpaired) electrons. The summed E-state index contributed by atoms with van der Waals surface area (Å²) in [5.41, 5.74) is 0.0163. The molecule has 0 bridgehead atoms. The quantitative estimate of drug-likeness (QED) is 0.739. The molecule has 0 N–H and O–H groups in total. The molecule has 3 nitrogen and oxygen atoms in total. The van der Waals surface area contributed by atoms with E-state index in [2.05, 4.69) is 0 Å². The summed E-state index contributed by atoms with van der Waals surface area (Å²) in [7, 11) is 0. The van der Waals surface area contributed by atoms with Crippen molar-refractivity contribution in [1.82, 2.24) is 0 Å². The van der Waals surface area contributed by atoms with Gasteiger partial charge in [-0.05, 0) is 31.0 Å². The van der Waals surface area contributed by atoms with Crippen LogP contribution in [0, 0.1) is 5.41 Å². The lowest BCUT2D eigenvalue weighted by Crippen LogP contribution is -2.34. The fraction of sp³-hybridized carbons (Fsp3) is 0.429. The Kier molecular flexibility index (Phi) is 3.06. The van der Waals surface area contributed by atoms with Crippen LogP contribution >= 0.6 is 23.2 Å². The van der Waals surface area contributed by atoms with Crippen LogP contribution < -0.4 is 4.90 Å². The molecule has 3 rings (SSSR count). The van der Waals surface area contributed by atoms with Gasteiger partial charge in [-0.15, -0.1) is 0 Å². The van der Waals surface area contributed by atoms with E-state index in [-0.39, 0.29) is 11.8 Å². The Morgan fingerprint density at radius 2 is 1.58 bits per heavy atom. The topological polar surface area (TPSA) is 37.4 Å². The van der Waals surface area contributed by atoms with E-state index in [1.165, 1.54) is 4.90 Å². The van der Waals surface area contributed by atoms with Crippen LogP contribution in [-0.2, 0) is 9.59 Å². The third-order valence-corrected chi connectivity index (χ3v) is 4.50. The first-order valence-electron chi connectivity index (χ1n) is 6.35. The van der Waals surface area contributed by atoms with Crippen LogP contribution in [-0.4, -0.2) is 11.8 Å². The van der Waals surface area contributed by atoms with Crippen molar-refractivity contribution in [1.29, 1.82) is 0 Å². The highest BCUT2D eigenvalue weighted by Crippen LogP contribution is 2.48. The molecular formula is C14H13Cl2NO2. The summed E-state index contributed by atoms with van der Waals surface area (Å²) in [6.07, 6.45) is 3.97. The first kappa shape index (κ1) is 12.9.